The van der Waals surface area contributed by atoms with Gasteiger partial charge >= 0.3 is 0 Å². The number of hydrogen-bond donors (Lipinski definition) is 2. The predicted molar refractivity (Wildman–Crippen MR) is 65.8 cm³/mol. The van der Waals surface area contributed by atoms with Gasteiger partial charge in [0, 0.05) is 33.0 Å². The van der Waals surface area contributed by atoms with Gasteiger partial charge in [0.1, 0.15) is 0 Å². The maximum atomic E-state index is 5.55. The average molecular weight is 240 g/mol. The van der Waals surface area contributed by atoms with E-state index in [4.69, 9.17) is 15.2 Å². The maximum Gasteiger partial charge on any atom is 0.223 e. The highest BCUT2D eigenvalue weighted by molar-refractivity contribution is 5.28. The van der Waals surface area contributed by atoms with Crippen molar-refractivity contribution >= 4 is 5.95 Å². The summed E-state index contributed by atoms with van der Waals surface area (Å²) >= 11 is 0. The van der Waals surface area contributed by atoms with Crippen molar-refractivity contribution < 1.29 is 9.47 Å². The second-order valence-corrected chi connectivity index (χ2v) is 3.72. The van der Waals surface area contributed by atoms with E-state index in [1.807, 2.05) is 13.0 Å². The summed E-state index contributed by atoms with van der Waals surface area (Å²) in [7, 11) is 3.29. The maximum absolute atomic E-state index is 5.55. The van der Waals surface area contributed by atoms with Crippen LogP contribution in [0.5, 0.6) is 0 Å². The molecule has 1 heterocycles. The normalized spacial score (nSPS) is 12.5. The summed E-state index contributed by atoms with van der Waals surface area (Å²) < 4.78 is 10.3. The van der Waals surface area contributed by atoms with Gasteiger partial charge in [-0.3, -0.25) is 0 Å². The fourth-order valence-electron chi connectivity index (χ4n) is 1.42. The number of aryl methyl sites for hydroxylation is 1. The van der Waals surface area contributed by atoms with Crippen LogP contribution in [0.4, 0.5) is 5.95 Å². The molecule has 1 rings (SSSR count). The third-order valence-corrected chi connectivity index (χ3v) is 2.29. The first kappa shape index (κ1) is 13.8. The second-order valence-electron chi connectivity index (χ2n) is 3.72. The summed E-state index contributed by atoms with van der Waals surface area (Å²) in [5.74, 6) is 0.573. The van der Waals surface area contributed by atoms with Crippen LogP contribution in [0.25, 0.3) is 0 Å². The van der Waals surface area contributed by atoms with Gasteiger partial charge in [-0.15, -0.1) is 0 Å². The van der Waals surface area contributed by atoms with E-state index in [9.17, 15) is 0 Å². The molecular weight excluding hydrogens is 220 g/mol. The highest BCUT2D eigenvalue weighted by Crippen LogP contribution is 2.04. The number of aromatic nitrogens is 2. The standard InChI is InChI=1S/C11H20N4O2/c1-8-4-9(5-12)15-11(14-8)13-6-10(17-3)7-16-2/h4,10H,5-7,12H2,1-3H3,(H,13,14,15). The summed E-state index contributed by atoms with van der Waals surface area (Å²) in [6, 6.07) is 1.87. The molecule has 1 aromatic heterocycles. The summed E-state index contributed by atoms with van der Waals surface area (Å²) in [5.41, 5.74) is 7.27. The van der Waals surface area contributed by atoms with E-state index in [-0.39, 0.29) is 6.10 Å². The van der Waals surface area contributed by atoms with E-state index in [0.29, 0.717) is 25.6 Å². The highest BCUT2D eigenvalue weighted by atomic mass is 16.5. The van der Waals surface area contributed by atoms with Gasteiger partial charge in [0.2, 0.25) is 5.95 Å². The number of hydrogen-bond acceptors (Lipinski definition) is 6. The Balaban J connectivity index is 2.58. The van der Waals surface area contributed by atoms with Crippen molar-refractivity contribution in [1.29, 1.82) is 0 Å². The fraction of sp³-hybridized carbons (Fsp3) is 0.636. The minimum absolute atomic E-state index is 0.0227. The van der Waals surface area contributed by atoms with Crippen LogP contribution in [-0.4, -0.2) is 43.4 Å². The first-order chi connectivity index (χ1) is 8.19. The molecule has 1 aromatic rings. The van der Waals surface area contributed by atoms with E-state index in [1.165, 1.54) is 0 Å². The van der Waals surface area contributed by atoms with Crippen molar-refractivity contribution in [1.82, 2.24) is 9.97 Å². The molecule has 3 N–H and O–H groups in total. The van der Waals surface area contributed by atoms with Crippen molar-refractivity contribution in [3.8, 4) is 0 Å². The number of nitrogens with one attached hydrogen (secondary N) is 1. The molecule has 0 saturated heterocycles. The summed E-state index contributed by atoms with van der Waals surface area (Å²) in [5, 5.41) is 3.11. The quantitative estimate of drug-likeness (QED) is 0.714. The van der Waals surface area contributed by atoms with Crippen molar-refractivity contribution in [3.63, 3.8) is 0 Å². The van der Waals surface area contributed by atoms with E-state index in [2.05, 4.69) is 15.3 Å². The van der Waals surface area contributed by atoms with Crippen molar-refractivity contribution in [2.45, 2.75) is 19.6 Å². The molecule has 0 radical (unpaired) electrons. The van der Waals surface area contributed by atoms with Gasteiger partial charge in [-0.05, 0) is 13.0 Å². The number of ether oxygens (including phenoxy) is 2. The molecule has 1 unspecified atom stereocenters. The lowest BCUT2D eigenvalue weighted by molar-refractivity contribution is 0.0365. The molecule has 0 aliphatic heterocycles. The average Bonchev–Trinajstić information content (AvgIpc) is 2.33. The molecule has 0 aliphatic rings. The van der Waals surface area contributed by atoms with Gasteiger partial charge in [0.15, 0.2) is 0 Å². The number of nitrogens with two attached hydrogens (primary N) is 1. The van der Waals surface area contributed by atoms with E-state index < -0.39 is 0 Å². The van der Waals surface area contributed by atoms with Gasteiger partial charge in [0.25, 0.3) is 0 Å². The van der Waals surface area contributed by atoms with Crippen LogP contribution in [0.1, 0.15) is 11.4 Å². The van der Waals surface area contributed by atoms with Crippen LogP contribution in [-0.2, 0) is 16.0 Å². The van der Waals surface area contributed by atoms with Gasteiger partial charge in [0.05, 0.1) is 18.4 Å². The predicted octanol–water partition coefficient (Wildman–Crippen LogP) is 0.317. The van der Waals surface area contributed by atoms with Crippen LogP contribution in [0.3, 0.4) is 0 Å². The molecule has 0 fully saturated rings. The molecule has 0 aromatic carbocycles. The molecule has 6 heteroatoms. The summed E-state index contributed by atoms with van der Waals surface area (Å²) in [6.45, 7) is 3.44. The van der Waals surface area contributed by atoms with Crippen molar-refractivity contribution in [2.24, 2.45) is 5.73 Å². The molecule has 6 nitrogen and oxygen atoms in total. The third-order valence-electron chi connectivity index (χ3n) is 2.29. The monoisotopic (exact) mass is 240 g/mol. The molecule has 96 valence electrons. The topological polar surface area (TPSA) is 82.3 Å². The number of methoxy groups -OCH3 is 2. The summed E-state index contributed by atoms with van der Waals surface area (Å²) in [4.78, 5) is 8.55. The van der Waals surface area contributed by atoms with Crippen LogP contribution >= 0.6 is 0 Å². The molecular formula is C11H20N4O2. The van der Waals surface area contributed by atoms with Crippen molar-refractivity contribution in [3.05, 3.63) is 17.5 Å². The highest BCUT2D eigenvalue weighted by Gasteiger charge is 2.08. The minimum Gasteiger partial charge on any atom is -0.382 e. The SMILES string of the molecule is COCC(CNc1nc(C)cc(CN)n1)OC. The lowest BCUT2D eigenvalue weighted by Crippen LogP contribution is -2.27. The van der Waals surface area contributed by atoms with E-state index in [1.54, 1.807) is 14.2 Å². The molecule has 0 amide bonds. The smallest absolute Gasteiger partial charge is 0.223 e. The zero-order valence-corrected chi connectivity index (χ0v) is 10.6. The minimum atomic E-state index is -0.0227. The van der Waals surface area contributed by atoms with Gasteiger partial charge in [-0.25, -0.2) is 9.97 Å². The largest absolute Gasteiger partial charge is 0.382 e. The Labute approximate surface area is 102 Å². The molecule has 0 spiro atoms. The Morgan fingerprint density at radius 3 is 2.76 bits per heavy atom. The van der Waals surface area contributed by atoms with Crippen molar-refractivity contribution in [2.75, 3.05) is 32.7 Å². The number of rotatable bonds is 7. The first-order valence-corrected chi connectivity index (χ1v) is 5.49. The van der Waals surface area contributed by atoms with Gasteiger partial charge in [-0.1, -0.05) is 0 Å². The molecule has 0 bridgehead atoms. The number of nitrogens with zero attached hydrogens (tertiary/aromatic N) is 2. The van der Waals surface area contributed by atoms with Crippen LogP contribution in [0, 0.1) is 6.92 Å². The molecule has 0 saturated carbocycles. The second kappa shape index (κ2) is 7.16. The lowest BCUT2D eigenvalue weighted by Gasteiger charge is -2.15. The number of anilines is 1. The Bertz CT molecular complexity index is 346. The third kappa shape index (κ3) is 4.64. The van der Waals surface area contributed by atoms with Crippen LogP contribution < -0.4 is 11.1 Å². The van der Waals surface area contributed by atoms with E-state index >= 15 is 0 Å². The summed E-state index contributed by atoms with van der Waals surface area (Å²) in [6.07, 6.45) is -0.0227. The molecule has 17 heavy (non-hydrogen) atoms. The fourth-order valence-corrected chi connectivity index (χ4v) is 1.42. The zero-order valence-electron chi connectivity index (χ0n) is 10.6. The first-order valence-electron chi connectivity index (χ1n) is 5.49. The Morgan fingerprint density at radius 2 is 2.18 bits per heavy atom. The zero-order chi connectivity index (χ0) is 12.7. The molecule has 1 atom stereocenters. The Hall–Kier alpha value is -1.24. The molecule has 0 aliphatic carbocycles. The lowest BCUT2D eigenvalue weighted by atomic mass is 10.3. The van der Waals surface area contributed by atoms with Gasteiger partial charge in [-0.2, -0.15) is 0 Å². The van der Waals surface area contributed by atoms with E-state index in [0.717, 1.165) is 11.4 Å². The van der Waals surface area contributed by atoms with Crippen LogP contribution in [0.15, 0.2) is 6.07 Å². The van der Waals surface area contributed by atoms with Crippen LogP contribution in [0.2, 0.25) is 0 Å². The Morgan fingerprint density at radius 1 is 1.41 bits per heavy atom. The Kier molecular flexibility index (Phi) is 5.82. The van der Waals surface area contributed by atoms with Gasteiger partial charge < -0.3 is 20.5 Å².